The molecule has 2 aromatic carbocycles. The summed E-state index contributed by atoms with van der Waals surface area (Å²) >= 11 is 4.93. The maximum Gasteiger partial charge on any atom is 0.103 e. The zero-order valence-electron chi connectivity index (χ0n) is 10.5. The topological polar surface area (TPSA) is 38.0 Å². The first-order valence-corrected chi connectivity index (χ1v) is 6.20. The quantitative estimate of drug-likeness (QED) is 0.823. The summed E-state index contributed by atoms with van der Waals surface area (Å²) in [6, 6.07) is 14.2. The summed E-state index contributed by atoms with van der Waals surface area (Å²) < 4.78 is 0. The molecule has 0 spiro atoms. The zero-order valence-corrected chi connectivity index (χ0v) is 11.3. The number of aryl methyl sites for hydroxylation is 2. The average Bonchev–Trinajstić information content (AvgIpc) is 2.28. The lowest BCUT2D eigenvalue weighted by molar-refractivity contribution is 1.37. The molecule has 0 radical (unpaired) electrons. The molecule has 0 unspecified atom stereocenters. The molecule has 0 fully saturated rings. The van der Waals surface area contributed by atoms with Gasteiger partial charge in [0.05, 0.1) is 0 Å². The standard InChI is InChI=1S/C15H16N2S/c1-10-7-11(2)9-14(8-10)17-13-5-3-12(4-6-13)15(16)18/h3-9,17H,1-2H3,(H2,16,18). The van der Waals surface area contributed by atoms with Crippen LogP contribution in [0.2, 0.25) is 0 Å². The molecule has 2 aromatic rings. The van der Waals surface area contributed by atoms with Gasteiger partial charge in [-0.3, -0.25) is 0 Å². The van der Waals surface area contributed by atoms with Gasteiger partial charge in [0.2, 0.25) is 0 Å². The summed E-state index contributed by atoms with van der Waals surface area (Å²) in [5.41, 5.74) is 11.1. The van der Waals surface area contributed by atoms with E-state index >= 15 is 0 Å². The molecule has 0 aliphatic rings. The Morgan fingerprint density at radius 2 is 1.50 bits per heavy atom. The summed E-state index contributed by atoms with van der Waals surface area (Å²) in [5.74, 6) is 0. The van der Waals surface area contributed by atoms with Crippen LogP contribution in [0.1, 0.15) is 16.7 Å². The van der Waals surface area contributed by atoms with Gasteiger partial charge in [-0.05, 0) is 61.4 Å². The number of nitrogens with two attached hydrogens (primary N) is 1. The fourth-order valence-electron chi connectivity index (χ4n) is 1.93. The molecule has 0 atom stereocenters. The molecule has 18 heavy (non-hydrogen) atoms. The molecular formula is C15H16N2S. The van der Waals surface area contributed by atoms with E-state index in [0.29, 0.717) is 4.99 Å². The van der Waals surface area contributed by atoms with Crippen molar-refractivity contribution < 1.29 is 0 Å². The number of anilines is 2. The van der Waals surface area contributed by atoms with Crippen molar-refractivity contribution in [3.63, 3.8) is 0 Å². The summed E-state index contributed by atoms with van der Waals surface area (Å²) in [6.07, 6.45) is 0. The lowest BCUT2D eigenvalue weighted by Gasteiger charge is -2.09. The van der Waals surface area contributed by atoms with E-state index in [1.165, 1.54) is 11.1 Å². The number of nitrogens with one attached hydrogen (secondary N) is 1. The predicted molar refractivity (Wildman–Crippen MR) is 81.5 cm³/mol. The molecule has 0 aromatic heterocycles. The molecule has 0 saturated heterocycles. The van der Waals surface area contributed by atoms with E-state index in [-0.39, 0.29) is 0 Å². The Hall–Kier alpha value is -1.87. The van der Waals surface area contributed by atoms with Crippen LogP contribution in [0.25, 0.3) is 0 Å². The molecule has 0 aliphatic heterocycles. The molecular weight excluding hydrogens is 240 g/mol. The summed E-state index contributed by atoms with van der Waals surface area (Å²) in [4.78, 5) is 0.424. The minimum absolute atomic E-state index is 0.424. The number of rotatable bonds is 3. The number of thiocarbonyl (C=S) groups is 1. The van der Waals surface area contributed by atoms with Crippen molar-refractivity contribution in [3.05, 3.63) is 59.2 Å². The molecule has 3 heteroatoms. The first-order valence-electron chi connectivity index (χ1n) is 5.80. The van der Waals surface area contributed by atoms with Gasteiger partial charge in [0, 0.05) is 16.9 Å². The van der Waals surface area contributed by atoms with Crippen molar-refractivity contribution in [3.8, 4) is 0 Å². The minimum atomic E-state index is 0.424. The Bertz CT molecular complexity index is 553. The molecule has 0 aliphatic carbocycles. The maximum absolute atomic E-state index is 5.57. The van der Waals surface area contributed by atoms with Crippen LogP contribution in [0.15, 0.2) is 42.5 Å². The van der Waals surface area contributed by atoms with E-state index in [0.717, 1.165) is 16.9 Å². The van der Waals surface area contributed by atoms with Gasteiger partial charge in [0.1, 0.15) is 4.99 Å². The fourth-order valence-corrected chi connectivity index (χ4v) is 2.07. The molecule has 0 saturated carbocycles. The summed E-state index contributed by atoms with van der Waals surface area (Å²) in [5, 5.41) is 3.37. The molecule has 2 nitrogen and oxygen atoms in total. The Balaban J connectivity index is 2.20. The smallest absolute Gasteiger partial charge is 0.103 e. The molecule has 2 rings (SSSR count). The maximum atomic E-state index is 5.57. The highest BCUT2D eigenvalue weighted by atomic mass is 32.1. The second-order valence-corrected chi connectivity index (χ2v) is 4.88. The predicted octanol–water partition coefficient (Wildman–Crippen LogP) is 3.68. The molecule has 92 valence electrons. The van der Waals surface area contributed by atoms with Gasteiger partial charge in [-0.1, -0.05) is 18.3 Å². The van der Waals surface area contributed by atoms with Crippen molar-refractivity contribution in [2.45, 2.75) is 13.8 Å². The lowest BCUT2D eigenvalue weighted by atomic mass is 10.1. The van der Waals surface area contributed by atoms with Crippen LogP contribution in [-0.2, 0) is 0 Å². The number of hydrogen-bond acceptors (Lipinski definition) is 2. The molecule has 0 bridgehead atoms. The number of benzene rings is 2. The SMILES string of the molecule is Cc1cc(C)cc(Nc2ccc(C(N)=S)cc2)c1. The van der Waals surface area contributed by atoms with Gasteiger partial charge in [0.25, 0.3) is 0 Å². The number of hydrogen-bond donors (Lipinski definition) is 2. The minimum Gasteiger partial charge on any atom is -0.389 e. The Morgan fingerprint density at radius 3 is 2.00 bits per heavy atom. The summed E-state index contributed by atoms with van der Waals surface area (Å²) in [6.45, 7) is 4.18. The van der Waals surface area contributed by atoms with E-state index in [1.807, 2.05) is 24.3 Å². The van der Waals surface area contributed by atoms with Crippen molar-refractivity contribution in [2.24, 2.45) is 5.73 Å². The van der Waals surface area contributed by atoms with Crippen LogP contribution in [-0.4, -0.2) is 4.99 Å². The van der Waals surface area contributed by atoms with Crippen molar-refractivity contribution in [1.82, 2.24) is 0 Å². The molecule has 0 heterocycles. The second kappa shape index (κ2) is 5.19. The van der Waals surface area contributed by atoms with E-state index in [2.05, 4.69) is 37.4 Å². The van der Waals surface area contributed by atoms with Crippen LogP contribution in [0.4, 0.5) is 11.4 Å². The van der Waals surface area contributed by atoms with Crippen molar-refractivity contribution in [1.29, 1.82) is 0 Å². The highest BCUT2D eigenvalue weighted by molar-refractivity contribution is 7.80. The van der Waals surface area contributed by atoms with E-state index in [1.54, 1.807) is 0 Å². The van der Waals surface area contributed by atoms with Crippen molar-refractivity contribution in [2.75, 3.05) is 5.32 Å². The second-order valence-electron chi connectivity index (χ2n) is 4.44. The average molecular weight is 256 g/mol. The highest BCUT2D eigenvalue weighted by Crippen LogP contribution is 2.19. The van der Waals surface area contributed by atoms with Crippen LogP contribution in [0.3, 0.4) is 0 Å². The fraction of sp³-hybridized carbons (Fsp3) is 0.133. The van der Waals surface area contributed by atoms with E-state index in [9.17, 15) is 0 Å². The first kappa shape index (κ1) is 12.6. The monoisotopic (exact) mass is 256 g/mol. The third kappa shape index (κ3) is 3.08. The van der Waals surface area contributed by atoms with Crippen LogP contribution in [0.5, 0.6) is 0 Å². The van der Waals surface area contributed by atoms with Crippen LogP contribution >= 0.6 is 12.2 Å². The highest BCUT2D eigenvalue weighted by Gasteiger charge is 1.99. The van der Waals surface area contributed by atoms with Gasteiger partial charge in [0.15, 0.2) is 0 Å². The third-order valence-corrected chi connectivity index (χ3v) is 2.92. The normalized spacial score (nSPS) is 10.1. The Kier molecular flexibility index (Phi) is 3.63. The van der Waals surface area contributed by atoms with Crippen LogP contribution < -0.4 is 11.1 Å². The zero-order chi connectivity index (χ0) is 13.1. The lowest BCUT2D eigenvalue weighted by Crippen LogP contribution is -2.08. The van der Waals surface area contributed by atoms with Crippen LogP contribution in [0, 0.1) is 13.8 Å². The Morgan fingerprint density at radius 1 is 0.944 bits per heavy atom. The molecule has 0 amide bonds. The van der Waals surface area contributed by atoms with Gasteiger partial charge in [-0.2, -0.15) is 0 Å². The summed E-state index contributed by atoms with van der Waals surface area (Å²) in [7, 11) is 0. The van der Waals surface area contributed by atoms with Gasteiger partial charge in [-0.15, -0.1) is 0 Å². The van der Waals surface area contributed by atoms with E-state index < -0.39 is 0 Å². The largest absolute Gasteiger partial charge is 0.389 e. The van der Waals surface area contributed by atoms with Crippen molar-refractivity contribution >= 4 is 28.6 Å². The van der Waals surface area contributed by atoms with Gasteiger partial charge >= 0.3 is 0 Å². The first-order chi connectivity index (χ1) is 8.54. The van der Waals surface area contributed by atoms with Gasteiger partial charge < -0.3 is 11.1 Å². The Labute approximate surface area is 113 Å². The van der Waals surface area contributed by atoms with Gasteiger partial charge in [-0.25, -0.2) is 0 Å². The third-order valence-electron chi connectivity index (χ3n) is 2.68. The molecule has 3 N–H and O–H groups in total. The van der Waals surface area contributed by atoms with E-state index in [4.69, 9.17) is 18.0 Å².